The van der Waals surface area contributed by atoms with Crippen LogP contribution in [0.5, 0.6) is 0 Å². The molecular weight excluding hydrogens is 274 g/mol. The number of carbonyl (C=O) groups is 2. The predicted octanol–water partition coefficient (Wildman–Crippen LogP) is 2.53. The van der Waals surface area contributed by atoms with Crippen LogP contribution in [-0.4, -0.2) is 25.0 Å². The SMILES string of the molecule is COC(=O)[C@H]1CCCCC[C@H]1NC(=O)Cc1cccs1. The van der Waals surface area contributed by atoms with E-state index in [9.17, 15) is 9.59 Å². The quantitative estimate of drug-likeness (QED) is 0.686. The average molecular weight is 295 g/mol. The van der Waals surface area contributed by atoms with E-state index >= 15 is 0 Å². The number of methoxy groups -OCH3 is 1. The van der Waals surface area contributed by atoms with E-state index in [1.54, 1.807) is 11.3 Å². The van der Waals surface area contributed by atoms with Gasteiger partial charge in [0.05, 0.1) is 19.4 Å². The van der Waals surface area contributed by atoms with Gasteiger partial charge in [0, 0.05) is 10.9 Å². The van der Waals surface area contributed by atoms with E-state index in [-0.39, 0.29) is 23.8 Å². The summed E-state index contributed by atoms with van der Waals surface area (Å²) < 4.78 is 4.87. The van der Waals surface area contributed by atoms with Crippen LogP contribution in [0.25, 0.3) is 0 Å². The van der Waals surface area contributed by atoms with Gasteiger partial charge in [0.25, 0.3) is 0 Å². The minimum atomic E-state index is -0.201. The summed E-state index contributed by atoms with van der Waals surface area (Å²) in [7, 11) is 1.41. The highest BCUT2D eigenvalue weighted by Gasteiger charge is 2.31. The number of hydrogen-bond acceptors (Lipinski definition) is 4. The third-order valence-corrected chi connectivity index (χ3v) is 4.66. The molecule has 0 aromatic carbocycles. The minimum Gasteiger partial charge on any atom is -0.469 e. The predicted molar refractivity (Wildman–Crippen MR) is 78.5 cm³/mol. The van der Waals surface area contributed by atoms with Crippen molar-refractivity contribution in [1.82, 2.24) is 5.32 Å². The number of nitrogens with one attached hydrogen (secondary N) is 1. The van der Waals surface area contributed by atoms with Crippen molar-refractivity contribution in [3.63, 3.8) is 0 Å². The molecule has 1 aromatic rings. The molecular formula is C15H21NO3S. The highest BCUT2D eigenvalue weighted by atomic mass is 32.1. The monoisotopic (exact) mass is 295 g/mol. The van der Waals surface area contributed by atoms with Gasteiger partial charge >= 0.3 is 5.97 Å². The van der Waals surface area contributed by atoms with Crippen molar-refractivity contribution in [3.05, 3.63) is 22.4 Å². The molecule has 1 N–H and O–H groups in total. The summed E-state index contributed by atoms with van der Waals surface area (Å²) >= 11 is 1.58. The number of hydrogen-bond donors (Lipinski definition) is 1. The summed E-state index contributed by atoms with van der Waals surface area (Å²) in [5, 5.41) is 4.99. The van der Waals surface area contributed by atoms with E-state index in [0.717, 1.165) is 37.0 Å². The fourth-order valence-corrected chi connectivity index (χ4v) is 3.45. The lowest BCUT2D eigenvalue weighted by Gasteiger charge is -2.24. The maximum Gasteiger partial charge on any atom is 0.310 e. The Hall–Kier alpha value is -1.36. The van der Waals surface area contributed by atoms with Crippen molar-refractivity contribution in [1.29, 1.82) is 0 Å². The number of carbonyl (C=O) groups excluding carboxylic acids is 2. The maximum atomic E-state index is 12.1. The molecule has 0 radical (unpaired) electrons. The van der Waals surface area contributed by atoms with Gasteiger partial charge in [-0.2, -0.15) is 0 Å². The van der Waals surface area contributed by atoms with Gasteiger partial charge < -0.3 is 10.1 Å². The fraction of sp³-hybridized carbons (Fsp3) is 0.600. The van der Waals surface area contributed by atoms with Crippen molar-refractivity contribution < 1.29 is 14.3 Å². The zero-order valence-electron chi connectivity index (χ0n) is 11.8. The van der Waals surface area contributed by atoms with Crippen molar-refractivity contribution in [3.8, 4) is 0 Å². The number of amides is 1. The molecule has 20 heavy (non-hydrogen) atoms. The van der Waals surface area contributed by atoms with Gasteiger partial charge in [-0.3, -0.25) is 9.59 Å². The normalized spacial score (nSPS) is 22.9. The van der Waals surface area contributed by atoms with Crippen molar-refractivity contribution in [2.75, 3.05) is 7.11 Å². The number of ether oxygens (including phenoxy) is 1. The Labute approximate surface area is 123 Å². The first-order valence-corrected chi connectivity index (χ1v) is 7.98. The number of rotatable bonds is 4. The standard InChI is InChI=1S/C15H21NO3S/c1-19-15(18)12-7-3-2-4-8-13(12)16-14(17)10-11-6-5-9-20-11/h5-6,9,12-13H,2-4,7-8,10H2,1H3,(H,16,17)/t12-,13+/m0/s1. The van der Waals surface area contributed by atoms with Gasteiger partial charge in [0.1, 0.15) is 0 Å². The van der Waals surface area contributed by atoms with Gasteiger partial charge in [-0.1, -0.05) is 25.3 Å². The molecule has 110 valence electrons. The van der Waals surface area contributed by atoms with Gasteiger partial charge in [-0.25, -0.2) is 0 Å². The van der Waals surface area contributed by atoms with E-state index in [4.69, 9.17) is 4.74 Å². The maximum absolute atomic E-state index is 12.1. The summed E-state index contributed by atoms with van der Waals surface area (Å²) in [5.41, 5.74) is 0. The van der Waals surface area contributed by atoms with Crippen LogP contribution in [0.1, 0.15) is 37.0 Å². The molecule has 1 amide bonds. The number of thiophene rings is 1. The Bertz CT molecular complexity index is 444. The highest BCUT2D eigenvalue weighted by Crippen LogP contribution is 2.24. The van der Waals surface area contributed by atoms with E-state index in [1.165, 1.54) is 7.11 Å². The molecule has 0 bridgehead atoms. The molecule has 5 heteroatoms. The van der Waals surface area contributed by atoms with Crippen molar-refractivity contribution in [2.24, 2.45) is 5.92 Å². The van der Waals surface area contributed by atoms with Crippen LogP contribution in [0, 0.1) is 5.92 Å². The van der Waals surface area contributed by atoms with Crippen molar-refractivity contribution >= 4 is 23.2 Å². The molecule has 1 aliphatic carbocycles. The lowest BCUT2D eigenvalue weighted by Crippen LogP contribution is -2.43. The molecule has 1 saturated carbocycles. The first-order valence-electron chi connectivity index (χ1n) is 7.10. The molecule has 1 heterocycles. The zero-order valence-corrected chi connectivity index (χ0v) is 12.6. The first-order chi connectivity index (χ1) is 9.70. The second-order valence-corrected chi connectivity index (χ2v) is 6.23. The van der Waals surface area contributed by atoms with Crippen LogP contribution in [0.3, 0.4) is 0 Å². The lowest BCUT2D eigenvalue weighted by atomic mass is 9.94. The first kappa shape index (κ1) is 15.0. The molecule has 0 aliphatic heterocycles. The Morgan fingerprint density at radius 1 is 1.35 bits per heavy atom. The molecule has 2 atom stereocenters. The second-order valence-electron chi connectivity index (χ2n) is 5.20. The summed E-state index contributed by atoms with van der Waals surface area (Å²) in [6, 6.07) is 3.81. The summed E-state index contributed by atoms with van der Waals surface area (Å²) in [5.74, 6) is -0.406. The third kappa shape index (κ3) is 4.07. The average Bonchev–Trinajstić information content (AvgIpc) is 2.83. The minimum absolute atomic E-state index is 0.00625. The molecule has 0 spiro atoms. The van der Waals surface area contributed by atoms with Crippen LogP contribution in [0.15, 0.2) is 17.5 Å². The molecule has 1 aromatic heterocycles. The molecule has 1 fully saturated rings. The number of esters is 1. The second kappa shape index (κ2) is 7.43. The van der Waals surface area contributed by atoms with Crippen LogP contribution in [0.4, 0.5) is 0 Å². The topological polar surface area (TPSA) is 55.4 Å². The van der Waals surface area contributed by atoms with Crippen LogP contribution >= 0.6 is 11.3 Å². The van der Waals surface area contributed by atoms with Crippen molar-refractivity contribution in [2.45, 2.75) is 44.6 Å². The largest absolute Gasteiger partial charge is 0.469 e. The Balaban J connectivity index is 1.96. The smallest absolute Gasteiger partial charge is 0.310 e. The van der Waals surface area contributed by atoms with E-state index in [1.807, 2.05) is 17.5 Å². The van der Waals surface area contributed by atoms with Gasteiger partial charge in [-0.15, -0.1) is 11.3 Å². The molecule has 0 saturated heterocycles. The van der Waals surface area contributed by atoms with Crippen LogP contribution < -0.4 is 5.32 Å². The Kier molecular flexibility index (Phi) is 5.59. The van der Waals surface area contributed by atoms with Crippen LogP contribution in [-0.2, 0) is 20.7 Å². The highest BCUT2D eigenvalue weighted by molar-refractivity contribution is 7.10. The van der Waals surface area contributed by atoms with Gasteiger partial charge in [0.2, 0.25) is 5.91 Å². The van der Waals surface area contributed by atoms with E-state index in [0.29, 0.717) is 6.42 Å². The van der Waals surface area contributed by atoms with Gasteiger partial charge in [-0.05, 0) is 24.3 Å². The summed E-state index contributed by atoms with van der Waals surface area (Å²) in [6.45, 7) is 0. The lowest BCUT2D eigenvalue weighted by molar-refractivity contribution is -0.147. The zero-order chi connectivity index (χ0) is 14.4. The van der Waals surface area contributed by atoms with Gasteiger partial charge in [0.15, 0.2) is 0 Å². The summed E-state index contributed by atoms with van der Waals surface area (Å²) in [4.78, 5) is 25.0. The fourth-order valence-electron chi connectivity index (χ4n) is 2.74. The van der Waals surface area contributed by atoms with Crippen LogP contribution in [0.2, 0.25) is 0 Å². The molecule has 1 aliphatic rings. The molecule has 2 rings (SSSR count). The van der Waals surface area contributed by atoms with E-state index < -0.39 is 0 Å². The third-order valence-electron chi connectivity index (χ3n) is 3.78. The summed E-state index contributed by atoms with van der Waals surface area (Å²) in [6.07, 6.45) is 5.24. The molecule has 0 unspecified atom stereocenters. The molecule has 4 nitrogen and oxygen atoms in total. The Morgan fingerprint density at radius 3 is 2.85 bits per heavy atom. The Morgan fingerprint density at radius 2 is 2.15 bits per heavy atom. The van der Waals surface area contributed by atoms with E-state index in [2.05, 4.69) is 5.32 Å².